The molecule has 5 amide bonds. The van der Waals surface area contributed by atoms with Crippen molar-refractivity contribution in [3.63, 3.8) is 0 Å². The smallest absolute Gasteiger partial charge is 0.319 e. The number of nitrogens with one attached hydrogen (secondary N) is 1. The molecule has 0 saturated carbocycles. The van der Waals surface area contributed by atoms with E-state index < -0.39 is 17.5 Å². The van der Waals surface area contributed by atoms with Gasteiger partial charge in [-0.25, -0.2) is 4.79 Å². The zero-order valence-electron chi connectivity index (χ0n) is 14.6. The summed E-state index contributed by atoms with van der Waals surface area (Å²) in [4.78, 5) is 52.3. The number of nitrogens with zero attached hydrogens (tertiary/aromatic N) is 2. The Morgan fingerprint density at radius 2 is 1.41 bits per heavy atom. The molecular formula is C20H17N3O4. The molecule has 136 valence electrons. The number of imide groups is 2. The topological polar surface area (TPSA) is 86.8 Å². The highest BCUT2D eigenvalue weighted by atomic mass is 16.2. The van der Waals surface area contributed by atoms with E-state index in [0.29, 0.717) is 16.7 Å². The maximum atomic E-state index is 12.9. The molecule has 27 heavy (non-hydrogen) atoms. The lowest BCUT2D eigenvalue weighted by Crippen LogP contribution is -2.47. The molecule has 2 aliphatic rings. The van der Waals surface area contributed by atoms with Crippen LogP contribution < -0.4 is 5.32 Å². The van der Waals surface area contributed by atoms with Gasteiger partial charge in [-0.15, -0.1) is 0 Å². The number of amides is 5. The molecule has 2 heterocycles. The van der Waals surface area contributed by atoms with Crippen LogP contribution in [0.3, 0.4) is 0 Å². The Balaban J connectivity index is 1.65. The summed E-state index contributed by atoms with van der Waals surface area (Å²) in [6.45, 7) is 0.0150. The van der Waals surface area contributed by atoms with Crippen LogP contribution in [0.4, 0.5) is 4.79 Å². The van der Waals surface area contributed by atoms with Gasteiger partial charge in [0, 0.05) is 20.0 Å². The van der Waals surface area contributed by atoms with Crippen LogP contribution in [0.5, 0.6) is 0 Å². The first-order chi connectivity index (χ1) is 13.0. The third-order valence-electron chi connectivity index (χ3n) is 5.15. The summed E-state index contributed by atoms with van der Waals surface area (Å²) in [5, 5.41) is 2.75. The van der Waals surface area contributed by atoms with Crippen molar-refractivity contribution in [2.75, 3.05) is 13.6 Å². The molecule has 0 aliphatic carbocycles. The standard InChI is InChI=1S/C20H17N3O4/c1-22-18(26)20(21-19(22)27,13-7-3-2-4-8-13)11-12-23-16(24)14-9-5-6-10-15(14)17(23)25/h2-10H,11-12H2,1H3,(H,21,27)/t20-/m1/s1. The number of benzene rings is 2. The van der Waals surface area contributed by atoms with Gasteiger partial charge in [0.1, 0.15) is 5.54 Å². The quantitative estimate of drug-likeness (QED) is 0.662. The van der Waals surface area contributed by atoms with Crippen LogP contribution in [-0.2, 0) is 10.3 Å². The average Bonchev–Trinajstić information content (AvgIpc) is 3.07. The number of fused-ring (bicyclic) bond motifs is 1. The summed E-state index contributed by atoms with van der Waals surface area (Å²) in [6, 6.07) is 15.0. The van der Waals surface area contributed by atoms with Crippen molar-refractivity contribution in [2.24, 2.45) is 0 Å². The van der Waals surface area contributed by atoms with Crippen LogP contribution in [0.15, 0.2) is 54.6 Å². The predicted molar refractivity (Wildman–Crippen MR) is 95.8 cm³/mol. The maximum Gasteiger partial charge on any atom is 0.325 e. The van der Waals surface area contributed by atoms with E-state index in [4.69, 9.17) is 0 Å². The number of carbonyl (C=O) groups excluding carboxylic acids is 4. The number of likely N-dealkylation sites (N-methyl/N-ethyl adjacent to an activating group) is 1. The van der Waals surface area contributed by atoms with Gasteiger partial charge in [-0.1, -0.05) is 42.5 Å². The molecule has 1 saturated heterocycles. The summed E-state index contributed by atoms with van der Waals surface area (Å²) in [6.07, 6.45) is 0.0946. The van der Waals surface area contributed by atoms with E-state index in [9.17, 15) is 19.2 Å². The summed E-state index contributed by atoms with van der Waals surface area (Å²) in [5.74, 6) is -1.18. The Morgan fingerprint density at radius 1 is 0.852 bits per heavy atom. The van der Waals surface area contributed by atoms with Gasteiger partial charge in [0.15, 0.2) is 0 Å². The average molecular weight is 363 g/mol. The van der Waals surface area contributed by atoms with Crippen molar-refractivity contribution in [1.29, 1.82) is 0 Å². The molecule has 0 aromatic heterocycles. The van der Waals surface area contributed by atoms with Gasteiger partial charge in [0.25, 0.3) is 17.7 Å². The number of hydrogen-bond donors (Lipinski definition) is 1. The predicted octanol–water partition coefficient (Wildman–Crippen LogP) is 1.75. The molecule has 7 nitrogen and oxygen atoms in total. The van der Waals surface area contributed by atoms with Gasteiger partial charge < -0.3 is 5.32 Å². The van der Waals surface area contributed by atoms with Gasteiger partial charge in [-0.2, -0.15) is 0 Å². The van der Waals surface area contributed by atoms with E-state index in [2.05, 4.69) is 5.32 Å². The Labute approximate surface area is 155 Å². The first-order valence-corrected chi connectivity index (χ1v) is 8.57. The second-order valence-corrected chi connectivity index (χ2v) is 6.62. The van der Waals surface area contributed by atoms with Crippen molar-refractivity contribution in [1.82, 2.24) is 15.1 Å². The third-order valence-corrected chi connectivity index (χ3v) is 5.15. The van der Waals surface area contributed by atoms with Crippen LogP contribution in [0.1, 0.15) is 32.7 Å². The Kier molecular flexibility index (Phi) is 3.80. The largest absolute Gasteiger partial charge is 0.325 e. The normalized spacial score (nSPS) is 21.7. The number of carbonyl (C=O) groups is 4. The summed E-state index contributed by atoms with van der Waals surface area (Å²) >= 11 is 0. The molecule has 2 aromatic rings. The molecule has 0 bridgehead atoms. The molecule has 2 aromatic carbocycles. The molecule has 0 spiro atoms. The number of rotatable bonds is 4. The number of hydrogen-bond acceptors (Lipinski definition) is 4. The second kappa shape index (κ2) is 6.05. The Morgan fingerprint density at radius 3 is 1.93 bits per heavy atom. The lowest BCUT2D eigenvalue weighted by molar-refractivity contribution is -0.131. The van der Waals surface area contributed by atoms with Crippen LogP contribution in [0.2, 0.25) is 0 Å². The molecule has 2 aliphatic heterocycles. The molecule has 0 unspecified atom stereocenters. The van der Waals surface area contributed by atoms with E-state index >= 15 is 0 Å². The molecule has 1 fully saturated rings. The fourth-order valence-electron chi connectivity index (χ4n) is 3.65. The zero-order valence-corrected chi connectivity index (χ0v) is 14.6. The van der Waals surface area contributed by atoms with Crippen molar-refractivity contribution >= 4 is 23.8 Å². The van der Waals surface area contributed by atoms with Gasteiger partial charge >= 0.3 is 6.03 Å². The van der Waals surface area contributed by atoms with Crippen molar-refractivity contribution < 1.29 is 19.2 Å². The van der Waals surface area contributed by atoms with Crippen LogP contribution in [0, 0.1) is 0 Å². The zero-order chi connectivity index (χ0) is 19.2. The maximum absolute atomic E-state index is 12.9. The number of urea groups is 1. The summed E-state index contributed by atoms with van der Waals surface area (Å²) in [5.41, 5.74) is 0.0252. The first kappa shape index (κ1) is 17.0. The SMILES string of the molecule is CN1C(=O)N[C@](CCN2C(=O)c3ccccc3C2=O)(c2ccccc2)C1=O. The van der Waals surface area contributed by atoms with Crippen LogP contribution in [0.25, 0.3) is 0 Å². The molecule has 0 radical (unpaired) electrons. The van der Waals surface area contributed by atoms with Gasteiger partial charge in [-0.3, -0.25) is 24.2 Å². The van der Waals surface area contributed by atoms with Crippen molar-refractivity contribution in [3.05, 3.63) is 71.3 Å². The fourth-order valence-corrected chi connectivity index (χ4v) is 3.65. The highest BCUT2D eigenvalue weighted by Gasteiger charge is 2.51. The fraction of sp³-hybridized carbons (Fsp3) is 0.200. The monoisotopic (exact) mass is 363 g/mol. The summed E-state index contributed by atoms with van der Waals surface area (Å²) in [7, 11) is 1.41. The molecule has 1 atom stereocenters. The molecular weight excluding hydrogens is 346 g/mol. The van der Waals surface area contributed by atoms with E-state index in [0.717, 1.165) is 9.80 Å². The minimum atomic E-state index is -1.30. The van der Waals surface area contributed by atoms with Gasteiger partial charge in [-0.05, 0) is 17.7 Å². The Bertz CT molecular complexity index is 937. The highest BCUT2D eigenvalue weighted by Crippen LogP contribution is 2.33. The van der Waals surface area contributed by atoms with Crippen molar-refractivity contribution in [2.45, 2.75) is 12.0 Å². The lowest BCUT2D eigenvalue weighted by atomic mass is 9.86. The van der Waals surface area contributed by atoms with Crippen molar-refractivity contribution in [3.8, 4) is 0 Å². The van der Waals surface area contributed by atoms with Crippen LogP contribution >= 0.6 is 0 Å². The second-order valence-electron chi connectivity index (χ2n) is 6.62. The first-order valence-electron chi connectivity index (χ1n) is 8.57. The van der Waals surface area contributed by atoms with E-state index in [1.54, 1.807) is 48.5 Å². The highest BCUT2D eigenvalue weighted by molar-refractivity contribution is 6.21. The van der Waals surface area contributed by atoms with Crippen LogP contribution in [-0.4, -0.2) is 47.1 Å². The molecule has 1 N–H and O–H groups in total. The lowest BCUT2D eigenvalue weighted by Gasteiger charge is -2.28. The summed E-state index contributed by atoms with van der Waals surface area (Å²) < 4.78 is 0. The molecule has 4 rings (SSSR count). The molecule has 7 heteroatoms. The van der Waals surface area contributed by atoms with Gasteiger partial charge in [0.2, 0.25) is 0 Å². The van der Waals surface area contributed by atoms with E-state index in [1.807, 2.05) is 6.07 Å². The third kappa shape index (κ3) is 2.43. The minimum Gasteiger partial charge on any atom is -0.319 e. The van der Waals surface area contributed by atoms with Gasteiger partial charge in [0.05, 0.1) is 11.1 Å². The minimum absolute atomic E-state index is 0.0150. The Hall–Kier alpha value is -3.48. The van der Waals surface area contributed by atoms with E-state index in [-0.39, 0.29) is 24.8 Å². The van der Waals surface area contributed by atoms with E-state index in [1.165, 1.54) is 7.05 Å².